The topological polar surface area (TPSA) is 72.6 Å². The van der Waals surface area contributed by atoms with Gasteiger partial charge in [0.2, 0.25) is 0 Å². The number of aryl methyl sites for hydroxylation is 2. The van der Waals surface area contributed by atoms with Gasteiger partial charge >= 0.3 is 5.97 Å². The second kappa shape index (κ2) is 6.05. The number of benzene rings is 1. The summed E-state index contributed by atoms with van der Waals surface area (Å²) >= 11 is 0. The molecule has 1 amide bonds. The standard InChI is InChI=1S/C15H20N2O3/c1-3-20-15(19)13(16)14(18)17-8-4-5-11-9-10(2)6-7-12(11)17/h6-7,9,13H,3-5,8,16H2,1-2H3. The first-order valence-corrected chi connectivity index (χ1v) is 6.87. The number of anilines is 1. The number of nitrogens with two attached hydrogens (primary N) is 1. The molecule has 1 aliphatic rings. The van der Waals surface area contributed by atoms with E-state index >= 15 is 0 Å². The van der Waals surface area contributed by atoms with Gasteiger partial charge in [-0.25, -0.2) is 4.79 Å². The van der Waals surface area contributed by atoms with Crippen molar-refractivity contribution in [1.29, 1.82) is 0 Å². The molecule has 1 unspecified atom stereocenters. The zero-order chi connectivity index (χ0) is 14.7. The van der Waals surface area contributed by atoms with Crippen molar-refractivity contribution in [2.24, 2.45) is 5.73 Å². The molecule has 0 aliphatic carbocycles. The summed E-state index contributed by atoms with van der Waals surface area (Å²) in [6.07, 6.45) is 1.81. The predicted molar refractivity (Wildman–Crippen MR) is 76.5 cm³/mol. The third-order valence-electron chi connectivity index (χ3n) is 3.43. The minimum Gasteiger partial charge on any atom is -0.464 e. The van der Waals surface area contributed by atoms with E-state index in [0.717, 1.165) is 29.7 Å². The summed E-state index contributed by atoms with van der Waals surface area (Å²) in [4.78, 5) is 25.6. The number of ether oxygens (including phenoxy) is 1. The fourth-order valence-electron chi connectivity index (χ4n) is 2.46. The van der Waals surface area contributed by atoms with Gasteiger partial charge in [0.05, 0.1) is 6.61 Å². The molecule has 2 rings (SSSR count). The van der Waals surface area contributed by atoms with Crippen LogP contribution in [0.4, 0.5) is 5.69 Å². The van der Waals surface area contributed by atoms with E-state index in [1.54, 1.807) is 11.8 Å². The largest absolute Gasteiger partial charge is 0.464 e. The lowest BCUT2D eigenvalue weighted by Crippen LogP contribution is -2.50. The van der Waals surface area contributed by atoms with Crippen molar-refractivity contribution in [2.45, 2.75) is 32.7 Å². The molecule has 2 N–H and O–H groups in total. The number of rotatable bonds is 3. The third kappa shape index (κ3) is 2.82. The summed E-state index contributed by atoms with van der Waals surface area (Å²) in [5.74, 6) is -1.06. The smallest absolute Gasteiger partial charge is 0.332 e. The first kappa shape index (κ1) is 14.5. The Morgan fingerprint density at radius 1 is 1.45 bits per heavy atom. The predicted octanol–water partition coefficient (Wildman–Crippen LogP) is 1.16. The highest BCUT2D eigenvalue weighted by Crippen LogP contribution is 2.28. The SMILES string of the molecule is CCOC(=O)C(N)C(=O)N1CCCc2cc(C)ccc21. The second-order valence-electron chi connectivity index (χ2n) is 4.96. The Balaban J connectivity index is 2.22. The Kier molecular flexibility index (Phi) is 4.39. The molecule has 108 valence electrons. The van der Waals surface area contributed by atoms with Gasteiger partial charge in [-0.2, -0.15) is 0 Å². The second-order valence-corrected chi connectivity index (χ2v) is 4.96. The number of carbonyl (C=O) groups is 2. The van der Waals surface area contributed by atoms with Crippen LogP contribution in [0.2, 0.25) is 0 Å². The fraction of sp³-hybridized carbons (Fsp3) is 0.467. The zero-order valence-electron chi connectivity index (χ0n) is 11.9. The van der Waals surface area contributed by atoms with Gasteiger partial charge in [-0.1, -0.05) is 17.7 Å². The quantitative estimate of drug-likeness (QED) is 0.664. The first-order chi connectivity index (χ1) is 9.54. The molecular formula is C15H20N2O3. The molecule has 0 radical (unpaired) electrons. The molecule has 1 aromatic rings. The van der Waals surface area contributed by atoms with Crippen molar-refractivity contribution in [2.75, 3.05) is 18.1 Å². The maximum atomic E-state index is 12.4. The molecule has 1 aliphatic heterocycles. The van der Waals surface area contributed by atoms with E-state index in [1.807, 2.05) is 19.1 Å². The monoisotopic (exact) mass is 276 g/mol. The van der Waals surface area contributed by atoms with E-state index < -0.39 is 17.9 Å². The van der Waals surface area contributed by atoms with E-state index in [2.05, 4.69) is 6.07 Å². The molecule has 0 saturated carbocycles. The van der Waals surface area contributed by atoms with Gasteiger partial charge < -0.3 is 15.4 Å². The van der Waals surface area contributed by atoms with Crippen LogP contribution in [0.1, 0.15) is 24.5 Å². The van der Waals surface area contributed by atoms with Crippen molar-refractivity contribution in [3.05, 3.63) is 29.3 Å². The number of carbonyl (C=O) groups excluding carboxylic acids is 2. The number of amides is 1. The Labute approximate surface area is 118 Å². The highest BCUT2D eigenvalue weighted by Gasteiger charge is 2.31. The molecule has 0 saturated heterocycles. The molecule has 0 bridgehead atoms. The van der Waals surface area contributed by atoms with Gasteiger partial charge in [-0.3, -0.25) is 4.79 Å². The highest BCUT2D eigenvalue weighted by molar-refractivity contribution is 6.09. The van der Waals surface area contributed by atoms with E-state index in [4.69, 9.17) is 10.5 Å². The number of nitrogens with zero attached hydrogens (tertiary/aromatic N) is 1. The van der Waals surface area contributed by atoms with Crippen molar-refractivity contribution < 1.29 is 14.3 Å². The van der Waals surface area contributed by atoms with Gasteiger partial charge in [0, 0.05) is 12.2 Å². The van der Waals surface area contributed by atoms with Gasteiger partial charge in [-0.15, -0.1) is 0 Å². The lowest BCUT2D eigenvalue weighted by Gasteiger charge is -2.31. The van der Waals surface area contributed by atoms with Crippen LogP contribution in [0.3, 0.4) is 0 Å². The molecule has 5 nitrogen and oxygen atoms in total. The fourth-order valence-corrected chi connectivity index (χ4v) is 2.46. The van der Waals surface area contributed by atoms with Crippen molar-refractivity contribution >= 4 is 17.6 Å². The highest BCUT2D eigenvalue weighted by atomic mass is 16.5. The van der Waals surface area contributed by atoms with Crippen LogP contribution in [0.25, 0.3) is 0 Å². The molecule has 1 heterocycles. The summed E-state index contributed by atoms with van der Waals surface area (Å²) in [7, 11) is 0. The molecule has 0 aromatic heterocycles. The third-order valence-corrected chi connectivity index (χ3v) is 3.43. The van der Waals surface area contributed by atoms with E-state index in [-0.39, 0.29) is 6.61 Å². The maximum Gasteiger partial charge on any atom is 0.332 e. The van der Waals surface area contributed by atoms with Crippen molar-refractivity contribution in [3.63, 3.8) is 0 Å². The number of esters is 1. The molecule has 5 heteroatoms. The van der Waals surface area contributed by atoms with Crippen LogP contribution in [0.5, 0.6) is 0 Å². The van der Waals surface area contributed by atoms with Crippen molar-refractivity contribution in [1.82, 2.24) is 0 Å². The Morgan fingerprint density at radius 2 is 2.20 bits per heavy atom. The van der Waals surface area contributed by atoms with Crippen LogP contribution in [0, 0.1) is 6.92 Å². The van der Waals surface area contributed by atoms with Gasteiger partial charge in [0.25, 0.3) is 5.91 Å². The van der Waals surface area contributed by atoms with Crippen LogP contribution < -0.4 is 10.6 Å². The van der Waals surface area contributed by atoms with E-state index in [1.165, 1.54) is 0 Å². The molecule has 20 heavy (non-hydrogen) atoms. The normalized spacial score (nSPS) is 15.4. The average Bonchev–Trinajstić information content (AvgIpc) is 2.45. The van der Waals surface area contributed by atoms with Crippen LogP contribution >= 0.6 is 0 Å². The molecule has 0 spiro atoms. The Bertz CT molecular complexity index is 528. The van der Waals surface area contributed by atoms with Crippen LogP contribution in [-0.2, 0) is 20.7 Å². The summed E-state index contributed by atoms with van der Waals surface area (Å²) in [5, 5.41) is 0. The van der Waals surface area contributed by atoms with Gasteiger partial charge in [0.15, 0.2) is 6.04 Å². The molecule has 1 atom stereocenters. The van der Waals surface area contributed by atoms with E-state index in [9.17, 15) is 9.59 Å². The van der Waals surface area contributed by atoms with Gasteiger partial charge in [0.1, 0.15) is 0 Å². The summed E-state index contributed by atoms with van der Waals surface area (Å²) < 4.78 is 4.81. The van der Waals surface area contributed by atoms with Crippen LogP contribution in [-0.4, -0.2) is 31.1 Å². The van der Waals surface area contributed by atoms with Gasteiger partial charge in [-0.05, 0) is 38.3 Å². The Morgan fingerprint density at radius 3 is 2.90 bits per heavy atom. The average molecular weight is 276 g/mol. The van der Waals surface area contributed by atoms with Crippen molar-refractivity contribution in [3.8, 4) is 0 Å². The number of fused-ring (bicyclic) bond motifs is 1. The molecular weight excluding hydrogens is 256 g/mol. The number of hydrogen-bond acceptors (Lipinski definition) is 4. The Hall–Kier alpha value is -1.88. The zero-order valence-corrected chi connectivity index (χ0v) is 11.9. The van der Waals surface area contributed by atoms with Crippen LogP contribution in [0.15, 0.2) is 18.2 Å². The summed E-state index contributed by atoms with van der Waals surface area (Å²) in [5.41, 5.74) is 8.84. The lowest BCUT2D eigenvalue weighted by atomic mass is 9.99. The minimum atomic E-state index is -1.25. The summed E-state index contributed by atoms with van der Waals surface area (Å²) in [6, 6.07) is 4.70. The lowest BCUT2D eigenvalue weighted by molar-refractivity contribution is -0.147. The first-order valence-electron chi connectivity index (χ1n) is 6.87. The molecule has 1 aromatic carbocycles. The maximum absolute atomic E-state index is 12.4. The number of hydrogen-bond donors (Lipinski definition) is 1. The minimum absolute atomic E-state index is 0.218. The molecule has 0 fully saturated rings. The summed E-state index contributed by atoms with van der Waals surface area (Å²) in [6.45, 7) is 4.51. The van der Waals surface area contributed by atoms with E-state index in [0.29, 0.717) is 6.54 Å².